The number of ether oxygens (including phenoxy) is 1. The zero-order valence-electron chi connectivity index (χ0n) is 13.0. The van der Waals surface area contributed by atoms with Crippen molar-refractivity contribution in [1.29, 1.82) is 0 Å². The van der Waals surface area contributed by atoms with Crippen molar-refractivity contribution in [2.45, 2.75) is 26.4 Å². The Labute approximate surface area is 128 Å². The van der Waals surface area contributed by atoms with Gasteiger partial charge in [0.15, 0.2) is 5.75 Å². The summed E-state index contributed by atoms with van der Waals surface area (Å²) in [6.45, 7) is 5.38. The van der Waals surface area contributed by atoms with Crippen LogP contribution in [-0.2, 0) is 5.60 Å². The molecule has 0 aliphatic heterocycles. The molecule has 3 aromatic rings. The van der Waals surface area contributed by atoms with Crippen molar-refractivity contribution >= 4 is 11.2 Å². The van der Waals surface area contributed by atoms with Gasteiger partial charge < -0.3 is 14.3 Å². The molecule has 3 rings (SSSR count). The van der Waals surface area contributed by atoms with Crippen molar-refractivity contribution in [3.8, 4) is 17.2 Å². The predicted octanol–water partition coefficient (Wildman–Crippen LogP) is 3.43. The van der Waals surface area contributed by atoms with E-state index in [-0.39, 0.29) is 0 Å². The standard InChI is InChI=1S/C17H18N2O3/c1-10-9-13(21-4)14-15(18-10)19-16(22-14)11-5-7-12(8-6-11)17(2,3)20/h5-9,20H,1-4H3. The molecule has 0 amide bonds. The van der Waals surface area contributed by atoms with Gasteiger partial charge in [-0.1, -0.05) is 12.1 Å². The number of pyridine rings is 1. The number of hydrogen-bond donors (Lipinski definition) is 1. The first kappa shape index (κ1) is 14.5. The van der Waals surface area contributed by atoms with Gasteiger partial charge in [0, 0.05) is 17.3 Å². The van der Waals surface area contributed by atoms with Crippen LogP contribution in [0.2, 0.25) is 0 Å². The summed E-state index contributed by atoms with van der Waals surface area (Å²) in [5.74, 6) is 1.10. The minimum absolute atomic E-state index is 0.480. The summed E-state index contributed by atoms with van der Waals surface area (Å²) >= 11 is 0. The van der Waals surface area contributed by atoms with E-state index in [1.165, 1.54) is 0 Å². The van der Waals surface area contributed by atoms with Crippen LogP contribution in [0.4, 0.5) is 0 Å². The molecule has 1 aromatic carbocycles. The van der Waals surface area contributed by atoms with E-state index in [2.05, 4.69) is 9.97 Å². The van der Waals surface area contributed by atoms with Crippen molar-refractivity contribution in [3.05, 3.63) is 41.6 Å². The fraction of sp³-hybridized carbons (Fsp3) is 0.294. The maximum absolute atomic E-state index is 10.00. The summed E-state index contributed by atoms with van der Waals surface area (Å²) in [6, 6.07) is 9.28. The van der Waals surface area contributed by atoms with Gasteiger partial charge in [0.1, 0.15) is 0 Å². The molecule has 5 nitrogen and oxygen atoms in total. The minimum Gasteiger partial charge on any atom is -0.493 e. The normalized spacial score (nSPS) is 11.9. The van der Waals surface area contributed by atoms with Crippen LogP contribution in [0.25, 0.3) is 22.7 Å². The Morgan fingerprint density at radius 2 is 1.82 bits per heavy atom. The Kier molecular flexibility index (Phi) is 3.37. The van der Waals surface area contributed by atoms with Crippen LogP contribution in [0.1, 0.15) is 25.1 Å². The predicted molar refractivity (Wildman–Crippen MR) is 83.8 cm³/mol. The second-order valence-corrected chi connectivity index (χ2v) is 5.77. The minimum atomic E-state index is -0.873. The summed E-state index contributed by atoms with van der Waals surface area (Å²) < 4.78 is 11.1. The highest BCUT2D eigenvalue weighted by Crippen LogP contribution is 2.31. The molecular weight excluding hydrogens is 280 g/mol. The van der Waals surface area contributed by atoms with Crippen molar-refractivity contribution in [1.82, 2.24) is 9.97 Å². The van der Waals surface area contributed by atoms with Crippen LogP contribution in [0.3, 0.4) is 0 Å². The molecule has 0 unspecified atom stereocenters. The van der Waals surface area contributed by atoms with E-state index in [0.29, 0.717) is 22.9 Å². The van der Waals surface area contributed by atoms with Crippen LogP contribution in [-0.4, -0.2) is 22.2 Å². The van der Waals surface area contributed by atoms with Crippen LogP contribution in [0.15, 0.2) is 34.7 Å². The zero-order valence-corrected chi connectivity index (χ0v) is 13.0. The van der Waals surface area contributed by atoms with Gasteiger partial charge in [0.25, 0.3) is 0 Å². The fourth-order valence-corrected chi connectivity index (χ4v) is 2.30. The van der Waals surface area contributed by atoms with Gasteiger partial charge in [-0.25, -0.2) is 4.98 Å². The molecule has 0 aliphatic rings. The molecule has 0 fully saturated rings. The van der Waals surface area contributed by atoms with E-state index in [1.807, 2.05) is 37.3 Å². The van der Waals surface area contributed by atoms with Gasteiger partial charge in [0.2, 0.25) is 17.1 Å². The summed E-state index contributed by atoms with van der Waals surface area (Å²) in [7, 11) is 1.59. The average molecular weight is 298 g/mol. The number of hydrogen-bond acceptors (Lipinski definition) is 5. The highest BCUT2D eigenvalue weighted by molar-refractivity contribution is 5.78. The first-order chi connectivity index (χ1) is 10.4. The molecule has 0 spiro atoms. The molecule has 114 valence electrons. The molecule has 1 N–H and O–H groups in total. The van der Waals surface area contributed by atoms with Crippen LogP contribution in [0, 0.1) is 6.92 Å². The third kappa shape index (κ3) is 2.55. The number of aromatic nitrogens is 2. The topological polar surface area (TPSA) is 68.4 Å². The zero-order chi connectivity index (χ0) is 15.9. The van der Waals surface area contributed by atoms with Crippen molar-refractivity contribution in [3.63, 3.8) is 0 Å². The van der Waals surface area contributed by atoms with Crippen LogP contribution >= 0.6 is 0 Å². The summed E-state index contributed by atoms with van der Waals surface area (Å²) in [5, 5.41) is 10.00. The average Bonchev–Trinajstić information content (AvgIpc) is 2.89. The Morgan fingerprint density at radius 1 is 1.14 bits per heavy atom. The second kappa shape index (κ2) is 5.10. The Bertz CT molecular complexity index is 814. The van der Waals surface area contributed by atoms with E-state index in [9.17, 15) is 5.11 Å². The highest BCUT2D eigenvalue weighted by atomic mass is 16.5. The second-order valence-electron chi connectivity index (χ2n) is 5.77. The molecular formula is C17H18N2O3. The monoisotopic (exact) mass is 298 g/mol. The SMILES string of the molecule is COc1cc(C)nc2nc(-c3ccc(C(C)(C)O)cc3)oc12. The third-order valence-electron chi connectivity index (χ3n) is 3.51. The smallest absolute Gasteiger partial charge is 0.229 e. The van der Waals surface area contributed by atoms with E-state index < -0.39 is 5.60 Å². The number of fused-ring (bicyclic) bond motifs is 1. The number of nitrogens with zero attached hydrogens (tertiary/aromatic N) is 2. The summed E-state index contributed by atoms with van der Waals surface area (Å²) in [5.41, 5.74) is 2.67. The lowest BCUT2D eigenvalue weighted by Crippen LogP contribution is -2.14. The molecule has 0 atom stereocenters. The van der Waals surface area contributed by atoms with Crippen molar-refractivity contribution in [2.24, 2.45) is 0 Å². The van der Waals surface area contributed by atoms with E-state index in [4.69, 9.17) is 9.15 Å². The van der Waals surface area contributed by atoms with Crippen LogP contribution in [0.5, 0.6) is 5.75 Å². The largest absolute Gasteiger partial charge is 0.493 e. The number of aliphatic hydroxyl groups is 1. The lowest BCUT2D eigenvalue weighted by Gasteiger charge is -2.17. The Hall–Kier alpha value is -2.40. The lowest BCUT2D eigenvalue weighted by molar-refractivity contribution is 0.0786. The summed E-state index contributed by atoms with van der Waals surface area (Å²) in [4.78, 5) is 8.79. The molecule has 0 saturated carbocycles. The molecule has 0 aliphatic carbocycles. The van der Waals surface area contributed by atoms with E-state index in [1.54, 1.807) is 21.0 Å². The maximum Gasteiger partial charge on any atom is 0.229 e. The lowest BCUT2D eigenvalue weighted by atomic mass is 9.97. The molecule has 0 saturated heterocycles. The summed E-state index contributed by atoms with van der Waals surface area (Å²) in [6.07, 6.45) is 0. The van der Waals surface area contributed by atoms with Crippen molar-refractivity contribution < 1.29 is 14.3 Å². The van der Waals surface area contributed by atoms with Gasteiger partial charge >= 0.3 is 0 Å². The number of methoxy groups -OCH3 is 1. The van der Waals surface area contributed by atoms with Gasteiger partial charge in [-0.2, -0.15) is 4.98 Å². The van der Waals surface area contributed by atoms with Gasteiger partial charge in [-0.05, 0) is 38.5 Å². The van der Waals surface area contributed by atoms with E-state index in [0.717, 1.165) is 16.8 Å². The number of aryl methyl sites for hydroxylation is 1. The number of benzene rings is 1. The highest BCUT2D eigenvalue weighted by Gasteiger charge is 2.17. The van der Waals surface area contributed by atoms with Crippen LogP contribution < -0.4 is 4.74 Å². The first-order valence-corrected chi connectivity index (χ1v) is 7.04. The number of rotatable bonds is 3. The molecule has 2 heterocycles. The molecule has 22 heavy (non-hydrogen) atoms. The number of oxazole rings is 1. The quantitative estimate of drug-likeness (QED) is 0.802. The maximum atomic E-state index is 10.00. The third-order valence-corrected chi connectivity index (χ3v) is 3.51. The molecule has 2 aromatic heterocycles. The Morgan fingerprint density at radius 3 is 2.41 bits per heavy atom. The molecule has 0 radical (unpaired) electrons. The first-order valence-electron chi connectivity index (χ1n) is 7.04. The Balaban J connectivity index is 2.07. The molecule has 0 bridgehead atoms. The fourth-order valence-electron chi connectivity index (χ4n) is 2.30. The van der Waals surface area contributed by atoms with Crippen molar-refractivity contribution in [2.75, 3.05) is 7.11 Å². The molecule has 5 heteroatoms. The van der Waals surface area contributed by atoms with E-state index >= 15 is 0 Å². The van der Waals surface area contributed by atoms with Gasteiger partial charge in [-0.3, -0.25) is 0 Å². The van der Waals surface area contributed by atoms with Gasteiger partial charge in [0.05, 0.1) is 12.7 Å². The van der Waals surface area contributed by atoms with Gasteiger partial charge in [-0.15, -0.1) is 0 Å².